The van der Waals surface area contributed by atoms with Gasteiger partial charge in [0.15, 0.2) is 5.65 Å². The number of hydrogen-bond acceptors (Lipinski definition) is 4. The molecule has 1 fully saturated rings. The zero-order chi connectivity index (χ0) is 12.5. The molecule has 0 aliphatic heterocycles. The van der Waals surface area contributed by atoms with E-state index in [-0.39, 0.29) is 5.97 Å². The molecule has 1 saturated carbocycles. The van der Waals surface area contributed by atoms with Gasteiger partial charge in [-0.05, 0) is 18.1 Å². The normalized spacial score (nSPS) is 15.6. The van der Waals surface area contributed by atoms with Crippen molar-refractivity contribution in [2.24, 2.45) is 5.92 Å². The number of esters is 1. The molecule has 0 amide bonds. The molecular weight excluding hydrogens is 230 g/mol. The molecule has 0 N–H and O–H groups in total. The molecule has 5 nitrogen and oxygen atoms in total. The lowest BCUT2D eigenvalue weighted by Crippen LogP contribution is -2.15. The summed E-state index contributed by atoms with van der Waals surface area (Å²) in [5, 5.41) is 8.32. The number of rotatable bonds is 3. The van der Waals surface area contributed by atoms with Crippen LogP contribution in [0.5, 0.6) is 0 Å². The molecule has 1 aliphatic carbocycles. The molecule has 0 unspecified atom stereocenters. The first-order valence-electron chi connectivity index (χ1n) is 6.20. The lowest BCUT2D eigenvalue weighted by Gasteiger charge is -2.24. The summed E-state index contributed by atoms with van der Waals surface area (Å²) in [6.07, 6.45) is 6.55. The van der Waals surface area contributed by atoms with Gasteiger partial charge in [-0.25, -0.2) is 4.79 Å². The van der Waals surface area contributed by atoms with Crippen molar-refractivity contribution in [2.75, 3.05) is 7.11 Å². The number of ether oxygens (including phenoxy) is 1. The topological polar surface area (TPSA) is 56.5 Å². The Morgan fingerprint density at radius 3 is 2.94 bits per heavy atom. The summed E-state index contributed by atoms with van der Waals surface area (Å²) in [7, 11) is 1.38. The molecule has 0 radical (unpaired) electrons. The molecule has 18 heavy (non-hydrogen) atoms. The van der Waals surface area contributed by atoms with Crippen LogP contribution >= 0.6 is 0 Å². The van der Waals surface area contributed by atoms with Gasteiger partial charge in [-0.2, -0.15) is 0 Å². The molecule has 2 heterocycles. The number of carbonyl (C=O) groups is 1. The monoisotopic (exact) mass is 245 g/mol. The number of pyridine rings is 1. The summed E-state index contributed by atoms with van der Waals surface area (Å²) in [5.41, 5.74) is 1.30. The maximum atomic E-state index is 11.5. The highest BCUT2D eigenvalue weighted by Crippen LogP contribution is 2.29. The van der Waals surface area contributed by atoms with Crippen molar-refractivity contribution in [1.29, 1.82) is 0 Å². The Labute approximate surface area is 105 Å². The van der Waals surface area contributed by atoms with Gasteiger partial charge in [0.25, 0.3) is 0 Å². The van der Waals surface area contributed by atoms with Crippen molar-refractivity contribution in [1.82, 2.24) is 14.6 Å². The highest BCUT2D eigenvalue weighted by atomic mass is 16.5. The Kier molecular flexibility index (Phi) is 2.74. The van der Waals surface area contributed by atoms with Gasteiger partial charge in [-0.3, -0.25) is 4.40 Å². The van der Waals surface area contributed by atoms with Crippen LogP contribution in [0.1, 0.15) is 35.4 Å². The molecule has 0 atom stereocenters. The van der Waals surface area contributed by atoms with Crippen LogP contribution in [-0.2, 0) is 11.2 Å². The minimum absolute atomic E-state index is 0.333. The van der Waals surface area contributed by atoms with Crippen molar-refractivity contribution in [2.45, 2.75) is 25.7 Å². The minimum Gasteiger partial charge on any atom is -0.465 e. The van der Waals surface area contributed by atoms with Gasteiger partial charge in [0, 0.05) is 12.6 Å². The molecule has 2 aromatic rings. The molecular formula is C13H15N3O2. The summed E-state index contributed by atoms with van der Waals surface area (Å²) in [5.74, 6) is 1.32. The third-order valence-electron chi connectivity index (χ3n) is 3.59. The molecule has 3 rings (SSSR count). The SMILES string of the molecule is COC(=O)c1ccc2nnc(CC3CCC3)n2c1. The largest absolute Gasteiger partial charge is 0.465 e. The average Bonchev–Trinajstić information content (AvgIpc) is 2.75. The van der Waals surface area contributed by atoms with Crippen molar-refractivity contribution >= 4 is 11.6 Å². The van der Waals surface area contributed by atoms with Crippen molar-refractivity contribution in [3.63, 3.8) is 0 Å². The Morgan fingerprint density at radius 1 is 1.44 bits per heavy atom. The predicted molar refractivity (Wildman–Crippen MR) is 65.4 cm³/mol. The third-order valence-corrected chi connectivity index (χ3v) is 3.59. The summed E-state index contributed by atoms with van der Waals surface area (Å²) < 4.78 is 6.62. The van der Waals surface area contributed by atoms with Gasteiger partial charge in [0.2, 0.25) is 0 Å². The number of nitrogens with zero attached hydrogens (tertiary/aromatic N) is 3. The Morgan fingerprint density at radius 2 is 2.28 bits per heavy atom. The maximum absolute atomic E-state index is 11.5. The van der Waals surface area contributed by atoms with Crippen LogP contribution in [0.4, 0.5) is 0 Å². The molecule has 0 aromatic carbocycles. The minimum atomic E-state index is -0.333. The summed E-state index contributed by atoms with van der Waals surface area (Å²) in [4.78, 5) is 11.5. The van der Waals surface area contributed by atoms with Crippen LogP contribution in [0.25, 0.3) is 5.65 Å². The summed E-state index contributed by atoms with van der Waals surface area (Å²) >= 11 is 0. The Balaban J connectivity index is 1.96. The maximum Gasteiger partial charge on any atom is 0.339 e. The standard InChI is InChI=1S/C13H15N3O2/c1-18-13(17)10-5-6-11-14-15-12(16(11)8-10)7-9-3-2-4-9/h5-6,8-9H,2-4,7H2,1H3. The first-order chi connectivity index (χ1) is 8.78. The van der Waals surface area contributed by atoms with Crippen molar-refractivity contribution < 1.29 is 9.53 Å². The second kappa shape index (κ2) is 4.40. The van der Waals surface area contributed by atoms with Crippen LogP contribution in [0.15, 0.2) is 18.3 Å². The molecule has 0 saturated heterocycles. The average molecular weight is 245 g/mol. The van der Waals surface area contributed by atoms with Gasteiger partial charge in [0.1, 0.15) is 5.82 Å². The van der Waals surface area contributed by atoms with E-state index < -0.39 is 0 Å². The first-order valence-corrected chi connectivity index (χ1v) is 6.20. The number of methoxy groups -OCH3 is 1. The lowest BCUT2D eigenvalue weighted by molar-refractivity contribution is 0.0600. The first kappa shape index (κ1) is 11.2. The van der Waals surface area contributed by atoms with E-state index in [1.807, 2.05) is 4.40 Å². The summed E-state index contributed by atoms with van der Waals surface area (Å²) in [6.45, 7) is 0. The number of aromatic nitrogens is 3. The molecule has 2 aromatic heterocycles. The zero-order valence-corrected chi connectivity index (χ0v) is 10.3. The third kappa shape index (κ3) is 1.85. The second-order valence-electron chi connectivity index (χ2n) is 4.75. The van der Waals surface area contributed by atoms with Crippen LogP contribution < -0.4 is 0 Å². The quantitative estimate of drug-likeness (QED) is 0.774. The van der Waals surface area contributed by atoms with E-state index in [0.29, 0.717) is 5.56 Å². The number of carbonyl (C=O) groups excluding carboxylic acids is 1. The van der Waals surface area contributed by atoms with E-state index in [1.54, 1.807) is 18.3 Å². The molecule has 94 valence electrons. The van der Waals surface area contributed by atoms with Crippen LogP contribution in [0.3, 0.4) is 0 Å². The van der Waals surface area contributed by atoms with Crippen LogP contribution in [0, 0.1) is 5.92 Å². The van der Waals surface area contributed by atoms with Gasteiger partial charge in [-0.15, -0.1) is 10.2 Å². The fourth-order valence-corrected chi connectivity index (χ4v) is 2.27. The zero-order valence-electron chi connectivity index (χ0n) is 10.3. The molecule has 0 spiro atoms. The van der Waals surface area contributed by atoms with Gasteiger partial charge < -0.3 is 4.74 Å². The lowest BCUT2D eigenvalue weighted by atomic mass is 9.83. The van der Waals surface area contributed by atoms with E-state index in [9.17, 15) is 4.79 Å². The fraction of sp³-hybridized carbons (Fsp3) is 0.462. The van der Waals surface area contributed by atoms with Crippen LogP contribution in [-0.4, -0.2) is 27.7 Å². The second-order valence-corrected chi connectivity index (χ2v) is 4.75. The molecule has 5 heteroatoms. The van der Waals surface area contributed by atoms with E-state index in [2.05, 4.69) is 10.2 Å². The van der Waals surface area contributed by atoms with Crippen LogP contribution in [0.2, 0.25) is 0 Å². The fourth-order valence-electron chi connectivity index (χ4n) is 2.27. The van der Waals surface area contributed by atoms with Gasteiger partial charge in [0.05, 0.1) is 12.7 Å². The van der Waals surface area contributed by atoms with Crippen molar-refractivity contribution in [3.05, 3.63) is 29.7 Å². The van der Waals surface area contributed by atoms with E-state index >= 15 is 0 Å². The summed E-state index contributed by atoms with van der Waals surface area (Å²) in [6, 6.07) is 3.51. The molecule has 0 bridgehead atoms. The van der Waals surface area contributed by atoms with Crippen molar-refractivity contribution in [3.8, 4) is 0 Å². The van der Waals surface area contributed by atoms with E-state index in [1.165, 1.54) is 26.4 Å². The Hall–Kier alpha value is -1.91. The van der Waals surface area contributed by atoms with Gasteiger partial charge in [-0.1, -0.05) is 19.3 Å². The van der Waals surface area contributed by atoms with Gasteiger partial charge >= 0.3 is 5.97 Å². The molecule has 1 aliphatic rings. The number of fused-ring (bicyclic) bond motifs is 1. The van der Waals surface area contributed by atoms with E-state index in [4.69, 9.17) is 4.74 Å². The highest BCUT2D eigenvalue weighted by molar-refractivity contribution is 5.89. The Bertz CT molecular complexity index is 587. The van der Waals surface area contributed by atoms with E-state index in [0.717, 1.165) is 23.8 Å². The number of hydrogen-bond donors (Lipinski definition) is 0. The highest BCUT2D eigenvalue weighted by Gasteiger charge is 2.20. The smallest absolute Gasteiger partial charge is 0.339 e. The predicted octanol–water partition coefficient (Wildman–Crippen LogP) is 1.86.